The lowest BCUT2D eigenvalue weighted by molar-refractivity contribution is -0.143. The average Bonchev–Trinajstić information content (AvgIpc) is 2.38. The van der Waals surface area contributed by atoms with Gasteiger partial charge in [-0.05, 0) is 25.8 Å². The Morgan fingerprint density at radius 2 is 1.84 bits per heavy atom. The van der Waals surface area contributed by atoms with E-state index in [2.05, 4.69) is 5.32 Å². The Morgan fingerprint density at radius 3 is 2.47 bits per heavy atom. The molecule has 0 bridgehead atoms. The van der Waals surface area contributed by atoms with Crippen molar-refractivity contribution < 1.29 is 14.3 Å². The number of aryl methyl sites for hydroxylation is 1. The number of rotatable bonds is 7. The van der Waals surface area contributed by atoms with Gasteiger partial charge in [0.05, 0.1) is 6.61 Å². The molecule has 0 unspecified atom stereocenters. The summed E-state index contributed by atoms with van der Waals surface area (Å²) in [6, 6.07) is 8.02. The van der Waals surface area contributed by atoms with Gasteiger partial charge in [0.15, 0.2) is 0 Å². The highest BCUT2D eigenvalue weighted by Gasteiger charge is 2.05. The molecule has 4 nitrogen and oxygen atoms in total. The highest BCUT2D eigenvalue weighted by Crippen LogP contribution is 2.03. The smallest absolute Gasteiger partial charge is 0.305 e. The van der Waals surface area contributed by atoms with Crippen molar-refractivity contribution in [1.82, 2.24) is 5.32 Å². The third kappa shape index (κ3) is 6.60. The minimum atomic E-state index is -0.242. The van der Waals surface area contributed by atoms with Crippen molar-refractivity contribution in [2.75, 3.05) is 6.61 Å². The van der Waals surface area contributed by atoms with Crippen molar-refractivity contribution in [3.8, 4) is 0 Å². The molecule has 104 valence electrons. The molecule has 0 saturated heterocycles. The van der Waals surface area contributed by atoms with Crippen LogP contribution < -0.4 is 5.32 Å². The molecule has 0 aliphatic heterocycles. The molecule has 1 amide bonds. The van der Waals surface area contributed by atoms with Gasteiger partial charge < -0.3 is 10.1 Å². The van der Waals surface area contributed by atoms with Crippen LogP contribution in [0.4, 0.5) is 0 Å². The summed E-state index contributed by atoms with van der Waals surface area (Å²) in [6.07, 6.45) is 1.18. The summed E-state index contributed by atoms with van der Waals surface area (Å²) in [5.41, 5.74) is 2.27. The van der Waals surface area contributed by atoms with Crippen LogP contribution in [0.2, 0.25) is 0 Å². The lowest BCUT2D eigenvalue weighted by Crippen LogP contribution is -2.22. The summed E-state index contributed by atoms with van der Waals surface area (Å²) in [6.45, 7) is 4.71. The Bertz CT molecular complexity index is 412. The lowest BCUT2D eigenvalue weighted by Gasteiger charge is -2.05. The molecule has 4 heteroatoms. The molecule has 0 spiro atoms. The summed E-state index contributed by atoms with van der Waals surface area (Å²) >= 11 is 0. The van der Waals surface area contributed by atoms with E-state index in [1.807, 2.05) is 31.2 Å². The summed E-state index contributed by atoms with van der Waals surface area (Å²) in [7, 11) is 0. The quantitative estimate of drug-likeness (QED) is 0.768. The van der Waals surface area contributed by atoms with Gasteiger partial charge in [0.25, 0.3) is 0 Å². The van der Waals surface area contributed by atoms with Gasteiger partial charge in [0.2, 0.25) is 5.91 Å². The average molecular weight is 263 g/mol. The fraction of sp³-hybridized carbons (Fsp3) is 0.467. The van der Waals surface area contributed by atoms with Crippen LogP contribution in [-0.2, 0) is 20.9 Å². The Kier molecular flexibility index (Phi) is 6.64. The molecule has 1 aromatic rings. The van der Waals surface area contributed by atoms with Crippen molar-refractivity contribution in [1.29, 1.82) is 0 Å². The normalized spacial score (nSPS) is 10.0. The second-order valence-corrected chi connectivity index (χ2v) is 4.42. The molecule has 19 heavy (non-hydrogen) atoms. The van der Waals surface area contributed by atoms with Crippen LogP contribution in [0.5, 0.6) is 0 Å². The maximum Gasteiger partial charge on any atom is 0.305 e. The van der Waals surface area contributed by atoms with Gasteiger partial charge in [-0.25, -0.2) is 0 Å². The second-order valence-electron chi connectivity index (χ2n) is 4.42. The number of hydrogen-bond acceptors (Lipinski definition) is 3. The zero-order chi connectivity index (χ0) is 14.1. The number of carbonyl (C=O) groups excluding carboxylic acids is 2. The Balaban J connectivity index is 2.17. The topological polar surface area (TPSA) is 55.4 Å². The maximum absolute atomic E-state index is 11.6. The van der Waals surface area contributed by atoms with E-state index < -0.39 is 0 Å². The number of benzene rings is 1. The van der Waals surface area contributed by atoms with E-state index >= 15 is 0 Å². The van der Waals surface area contributed by atoms with Gasteiger partial charge in [0, 0.05) is 19.4 Å². The zero-order valence-electron chi connectivity index (χ0n) is 11.6. The third-order valence-electron chi connectivity index (χ3n) is 2.70. The molecule has 0 saturated carbocycles. The molecule has 1 rings (SSSR count). The number of esters is 1. The van der Waals surface area contributed by atoms with E-state index in [4.69, 9.17) is 4.74 Å². The third-order valence-corrected chi connectivity index (χ3v) is 2.70. The first kappa shape index (κ1) is 15.2. The Morgan fingerprint density at radius 1 is 1.16 bits per heavy atom. The predicted octanol–water partition coefficient (Wildman–Crippen LogP) is 2.34. The van der Waals surface area contributed by atoms with E-state index in [9.17, 15) is 9.59 Å². The summed E-state index contributed by atoms with van der Waals surface area (Å²) < 4.78 is 4.79. The minimum Gasteiger partial charge on any atom is -0.466 e. The summed E-state index contributed by atoms with van der Waals surface area (Å²) in [5.74, 6) is -0.279. The molecular formula is C15H21NO3. The molecule has 0 aromatic heterocycles. The molecule has 1 aromatic carbocycles. The van der Waals surface area contributed by atoms with Gasteiger partial charge in [-0.2, -0.15) is 0 Å². The first-order valence-electron chi connectivity index (χ1n) is 6.59. The summed E-state index contributed by atoms with van der Waals surface area (Å²) in [4.78, 5) is 22.6. The first-order chi connectivity index (χ1) is 9.11. The van der Waals surface area contributed by atoms with Gasteiger partial charge >= 0.3 is 5.97 Å². The predicted molar refractivity (Wildman–Crippen MR) is 73.5 cm³/mol. The number of carbonyl (C=O) groups is 2. The van der Waals surface area contributed by atoms with Crippen molar-refractivity contribution >= 4 is 11.9 Å². The van der Waals surface area contributed by atoms with Crippen LogP contribution in [0, 0.1) is 6.92 Å². The van der Waals surface area contributed by atoms with Crippen LogP contribution in [0.15, 0.2) is 24.3 Å². The van der Waals surface area contributed by atoms with Gasteiger partial charge in [-0.3, -0.25) is 9.59 Å². The molecular weight excluding hydrogens is 242 g/mol. The van der Waals surface area contributed by atoms with E-state index in [-0.39, 0.29) is 11.9 Å². The van der Waals surface area contributed by atoms with Crippen LogP contribution in [0.1, 0.15) is 37.3 Å². The van der Waals surface area contributed by atoms with Crippen LogP contribution >= 0.6 is 0 Å². The Hall–Kier alpha value is -1.84. The minimum absolute atomic E-state index is 0.0372. The molecule has 0 fully saturated rings. The summed E-state index contributed by atoms with van der Waals surface area (Å²) in [5, 5.41) is 2.83. The van der Waals surface area contributed by atoms with Crippen molar-refractivity contribution in [3.05, 3.63) is 35.4 Å². The largest absolute Gasteiger partial charge is 0.466 e. The van der Waals surface area contributed by atoms with E-state index in [1.165, 1.54) is 5.56 Å². The van der Waals surface area contributed by atoms with E-state index in [1.54, 1.807) is 6.92 Å². The highest BCUT2D eigenvalue weighted by molar-refractivity contribution is 5.77. The standard InChI is InChI=1S/C15H21NO3/c1-3-19-15(18)6-4-5-14(17)16-11-13-9-7-12(2)8-10-13/h7-10H,3-6,11H2,1-2H3,(H,16,17). The second kappa shape index (κ2) is 8.29. The maximum atomic E-state index is 11.6. The molecule has 0 radical (unpaired) electrons. The fourth-order valence-corrected chi connectivity index (χ4v) is 1.62. The lowest BCUT2D eigenvalue weighted by atomic mass is 10.1. The zero-order valence-corrected chi connectivity index (χ0v) is 11.6. The SMILES string of the molecule is CCOC(=O)CCCC(=O)NCc1ccc(C)cc1. The fourth-order valence-electron chi connectivity index (χ4n) is 1.62. The number of amides is 1. The Labute approximate surface area is 114 Å². The van der Waals surface area contributed by atoms with Gasteiger partial charge in [-0.15, -0.1) is 0 Å². The van der Waals surface area contributed by atoms with E-state index in [0.29, 0.717) is 32.4 Å². The van der Waals surface area contributed by atoms with Crippen LogP contribution in [-0.4, -0.2) is 18.5 Å². The molecule has 0 aliphatic carbocycles. The number of hydrogen-bond donors (Lipinski definition) is 1. The van der Waals surface area contributed by atoms with Crippen molar-refractivity contribution in [2.45, 2.75) is 39.7 Å². The van der Waals surface area contributed by atoms with Gasteiger partial charge in [-0.1, -0.05) is 29.8 Å². The number of nitrogens with one attached hydrogen (secondary N) is 1. The van der Waals surface area contributed by atoms with Gasteiger partial charge in [0.1, 0.15) is 0 Å². The molecule has 0 heterocycles. The van der Waals surface area contributed by atoms with E-state index in [0.717, 1.165) is 5.56 Å². The highest BCUT2D eigenvalue weighted by atomic mass is 16.5. The molecule has 0 aliphatic rings. The van der Waals surface area contributed by atoms with Crippen molar-refractivity contribution in [3.63, 3.8) is 0 Å². The van der Waals surface area contributed by atoms with Crippen LogP contribution in [0.3, 0.4) is 0 Å². The number of ether oxygens (including phenoxy) is 1. The first-order valence-corrected chi connectivity index (χ1v) is 6.59. The molecule has 1 N–H and O–H groups in total. The van der Waals surface area contributed by atoms with Crippen LogP contribution in [0.25, 0.3) is 0 Å². The monoisotopic (exact) mass is 263 g/mol. The molecule has 0 atom stereocenters. The van der Waals surface area contributed by atoms with Crippen molar-refractivity contribution in [2.24, 2.45) is 0 Å².